The standard InChI is InChI=1S/C25H20FN3O2S/c1-18(14-19-6-3-2-4-7-19)15-23-24(30)29(17-22-8-5-13-31-22)25(32-23)28-27-16-20-9-11-21(26)12-10-20/h2-16H,17H2,1H3/b18-14+,23-15-,27-16-,28-25+. The number of allylic oxidation sites excluding steroid dienone is 2. The van der Waals surface area contributed by atoms with Crippen LogP contribution in [0.15, 0.2) is 104 Å². The summed E-state index contributed by atoms with van der Waals surface area (Å²) >= 11 is 1.26. The van der Waals surface area contributed by atoms with Gasteiger partial charge in [0, 0.05) is 0 Å². The summed E-state index contributed by atoms with van der Waals surface area (Å²) in [6.07, 6.45) is 6.95. The van der Waals surface area contributed by atoms with Crippen molar-refractivity contribution in [2.75, 3.05) is 0 Å². The van der Waals surface area contributed by atoms with E-state index in [9.17, 15) is 9.18 Å². The number of halogens is 1. The smallest absolute Gasteiger partial charge is 0.267 e. The van der Waals surface area contributed by atoms with Gasteiger partial charge in [-0.1, -0.05) is 48.5 Å². The van der Waals surface area contributed by atoms with Gasteiger partial charge in [-0.25, -0.2) is 4.39 Å². The van der Waals surface area contributed by atoms with Gasteiger partial charge < -0.3 is 4.42 Å². The van der Waals surface area contributed by atoms with Crippen molar-refractivity contribution in [1.29, 1.82) is 0 Å². The van der Waals surface area contributed by atoms with Crippen LogP contribution in [0.25, 0.3) is 6.08 Å². The Morgan fingerprint density at radius 1 is 1.06 bits per heavy atom. The summed E-state index contributed by atoms with van der Waals surface area (Å²) in [6, 6.07) is 19.4. The average molecular weight is 446 g/mol. The third-order valence-electron chi connectivity index (χ3n) is 4.55. The molecule has 1 fully saturated rings. The van der Waals surface area contributed by atoms with Crippen LogP contribution in [0.3, 0.4) is 0 Å². The number of carbonyl (C=O) groups excluding carboxylic acids is 1. The van der Waals surface area contributed by atoms with E-state index in [1.54, 1.807) is 30.5 Å². The van der Waals surface area contributed by atoms with Gasteiger partial charge in [0.2, 0.25) is 0 Å². The largest absolute Gasteiger partial charge is 0.467 e. The van der Waals surface area contributed by atoms with Gasteiger partial charge in [0.25, 0.3) is 5.91 Å². The minimum atomic E-state index is -0.316. The second-order valence-electron chi connectivity index (χ2n) is 7.06. The number of carbonyl (C=O) groups is 1. The lowest BCUT2D eigenvalue weighted by atomic mass is 10.1. The number of nitrogens with zero attached hydrogens (tertiary/aromatic N) is 3. The van der Waals surface area contributed by atoms with Crippen LogP contribution in [0.2, 0.25) is 0 Å². The van der Waals surface area contributed by atoms with Gasteiger partial charge in [-0.3, -0.25) is 9.69 Å². The van der Waals surface area contributed by atoms with Crippen LogP contribution in [0, 0.1) is 5.82 Å². The summed E-state index contributed by atoms with van der Waals surface area (Å²) < 4.78 is 18.5. The third kappa shape index (κ3) is 5.50. The third-order valence-corrected chi connectivity index (χ3v) is 5.55. The molecule has 2 aromatic carbocycles. The first-order valence-corrected chi connectivity index (χ1v) is 10.7. The fourth-order valence-electron chi connectivity index (χ4n) is 3.03. The molecule has 0 bridgehead atoms. The minimum absolute atomic E-state index is 0.164. The summed E-state index contributed by atoms with van der Waals surface area (Å²) in [5.41, 5.74) is 2.71. The fraction of sp³-hybridized carbons (Fsp3) is 0.0800. The van der Waals surface area contributed by atoms with E-state index < -0.39 is 0 Å². The SMILES string of the molecule is CC(/C=C1\S/C(=N/N=C\c2ccc(F)cc2)N(Cc2ccco2)C1=O)=C\c1ccccc1. The van der Waals surface area contributed by atoms with E-state index in [2.05, 4.69) is 10.2 Å². The number of thioether (sulfide) groups is 1. The van der Waals surface area contributed by atoms with Crippen LogP contribution in [0.5, 0.6) is 0 Å². The molecule has 0 saturated carbocycles. The van der Waals surface area contributed by atoms with E-state index >= 15 is 0 Å². The molecule has 0 N–H and O–H groups in total. The molecule has 2 heterocycles. The van der Waals surface area contributed by atoms with E-state index in [0.717, 1.165) is 11.1 Å². The molecule has 1 saturated heterocycles. The van der Waals surface area contributed by atoms with Crippen molar-refractivity contribution in [3.8, 4) is 0 Å². The Bertz CT molecular complexity index is 1200. The van der Waals surface area contributed by atoms with Gasteiger partial charge in [0.05, 0.1) is 23.9 Å². The van der Waals surface area contributed by atoms with Gasteiger partial charge in [-0.05, 0) is 65.7 Å². The number of hydrogen-bond acceptors (Lipinski definition) is 5. The Labute approximate surface area is 189 Å². The zero-order valence-corrected chi connectivity index (χ0v) is 18.1. The second kappa shape index (κ2) is 10.1. The number of furan rings is 1. The topological polar surface area (TPSA) is 58.2 Å². The van der Waals surface area contributed by atoms with Crippen molar-refractivity contribution in [3.05, 3.63) is 112 Å². The Morgan fingerprint density at radius 3 is 2.56 bits per heavy atom. The molecule has 1 aromatic heterocycles. The maximum absolute atomic E-state index is 13.1. The first-order valence-electron chi connectivity index (χ1n) is 9.92. The number of rotatable bonds is 6. The van der Waals surface area contributed by atoms with Crippen molar-refractivity contribution < 1.29 is 13.6 Å². The van der Waals surface area contributed by atoms with Crippen molar-refractivity contribution in [2.45, 2.75) is 13.5 Å². The lowest BCUT2D eigenvalue weighted by Crippen LogP contribution is -2.28. The number of hydrogen-bond donors (Lipinski definition) is 0. The monoisotopic (exact) mass is 445 g/mol. The normalized spacial score (nSPS) is 17.2. The van der Waals surface area contributed by atoms with Crippen LogP contribution in [-0.2, 0) is 11.3 Å². The molecule has 1 aliphatic rings. The summed E-state index contributed by atoms with van der Waals surface area (Å²) in [7, 11) is 0. The summed E-state index contributed by atoms with van der Waals surface area (Å²) in [6.45, 7) is 2.20. The Balaban J connectivity index is 1.59. The van der Waals surface area contributed by atoms with Crippen LogP contribution in [-0.4, -0.2) is 22.2 Å². The van der Waals surface area contributed by atoms with Crippen LogP contribution < -0.4 is 0 Å². The zero-order valence-electron chi connectivity index (χ0n) is 17.3. The van der Waals surface area contributed by atoms with Crippen LogP contribution >= 0.6 is 11.8 Å². The van der Waals surface area contributed by atoms with Gasteiger partial charge >= 0.3 is 0 Å². The van der Waals surface area contributed by atoms with Gasteiger partial charge in [-0.2, -0.15) is 5.10 Å². The van der Waals surface area contributed by atoms with E-state index in [1.165, 1.54) is 35.0 Å². The molecule has 3 aromatic rings. The lowest BCUT2D eigenvalue weighted by Gasteiger charge is -2.12. The summed E-state index contributed by atoms with van der Waals surface area (Å²) in [4.78, 5) is 15.2. The predicted octanol–water partition coefficient (Wildman–Crippen LogP) is 5.87. The van der Waals surface area contributed by atoms with E-state index in [-0.39, 0.29) is 18.3 Å². The van der Waals surface area contributed by atoms with Crippen molar-refractivity contribution in [1.82, 2.24) is 4.90 Å². The minimum Gasteiger partial charge on any atom is -0.467 e. The molecular formula is C25H20FN3O2S. The van der Waals surface area contributed by atoms with Crippen molar-refractivity contribution in [2.24, 2.45) is 10.2 Å². The molecular weight excluding hydrogens is 425 g/mol. The summed E-state index contributed by atoms with van der Waals surface area (Å²) in [5.74, 6) is 0.165. The first-order chi connectivity index (χ1) is 15.6. The molecule has 7 heteroatoms. The number of amides is 1. The van der Waals surface area contributed by atoms with E-state index in [4.69, 9.17) is 4.42 Å². The fourth-order valence-corrected chi connectivity index (χ4v) is 4.02. The Morgan fingerprint density at radius 2 is 1.84 bits per heavy atom. The molecule has 5 nitrogen and oxygen atoms in total. The Kier molecular flexibility index (Phi) is 6.77. The van der Waals surface area contributed by atoms with E-state index in [0.29, 0.717) is 21.4 Å². The average Bonchev–Trinajstić information content (AvgIpc) is 3.40. The van der Waals surface area contributed by atoms with E-state index in [1.807, 2.05) is 49.4 Å². The molecule has 1 amide bonds. The van der Waals surface area contributed by atoms with Crippen molar-refractivity contribution >= 4 is 35.1 Å². The quantitative estimate of drug-likeness (QED) is 0.271. The maximum atomic E-state index is 13.1. The molecule has 160 valence electrons. The highest BCUT2D eigenvalue weighted by atomic mass is 32.2. The molecule has 0 unspecified atom stereocenters. The zero-order chi connectivity index (χ0) is 22.3. The molecule has 1 aliphatic heterocycles. The first kappa shape index (κ1) is 21.5. The predicted molar refractivity (Wildman–Crippen MR) is 126 cm³/mol. The second-order valence-corrected chi connectivity index (χ2v) is 8.07. The molecule has 4 rings (SSSR count). The molecule has 0 aliphatic carbocycles. The lowest BCUT2D eigenvalue weighted by molar-refractivity contribution is -0.122. The molecule has 0 atom stereocenters. The van der Waals surface area contributed by atoms with Gasteiger partial charge in [-0.15, -0.1) is 5.10 Å². The number of benzene rings is 2. The van der Waals surface area contributed by atoms with Crippen LogP contribution in [0.1, 0.15) is 23.8 Å². The van der Waals surface area contributed by atoms with Crippen molar-refractivity contribution in [3.63, 3.8) is 0 Å². The molecule has 0 radical (unpaired) electrons. The highest BCUT2D eigenvalue weighted by Crippen LogP contribution is 2.33. The Hall–Kier alpha value is -3.71. The van der Waals surface area contributed by atoms with Crippen LogP contribution in [0.4, 0.5) is 4.39 Å². The molecule has 0 spiro atoms. The van der Waals surface area contributed by atoms with Gasteiger partial charge in [0.1, 0.15) is 11.6 Å². The molecule has 32 heavy (non-hydrogen) atoms. The number of amidine groups is 1. The summed E-state index contributed by atoms with van der Waals surface area (Å²) in [5, 5.41) is 8.80. The maximum Gasteiger partial charge on any atom is 0.267 e. The highest BCUT2D eigenvalue weighted by molar-refractivity contribution is 8.18. The highest BCUT2D eigenvalue weighted by Gasteiger charge is 2.34. The van der Waals surface area contributed by atoms with Gasteiger partial charge in [0.15, 0.2) is 5.17 Å².